The Morgan fingerprint density at radius 2 is 1.65 bits per heavy atom. The maximum atomic E-state index is 13.2. The van der Waals surface area contributed by atoms with Crippen LogP contribution in [0.1, 0.15) is 24.5 Å². The Kier molecular flexibility index (Phi) is 4.51. The number of benzene rings is 2. The Morgan fingerprint density at radius 1 is 1.04 bits per heavy atom. The summed E-state index contributed by atoms with van der Waals surface area (Å²) in [4.78, 5) is 0.342. The van der Waals surface area contributed by atoms with Crippen molar-refractivity contribution in [2.45, 2.75) is 31.2 Å². The quantitative estimate of drug-likeness (QED) is 0.657. The molecule has 1 unspecified atom stereocenters. The van der Waals surface area contributed by atoms with Gasteiger partial charge in [0.25, 0.3) is 10.0 Å². The van der Waals surface area contributed by atoms with Crippen LogP contribution in [0.3, 0.4) is 0 Å². The topological polar surface area (TPSA) is 37.4 Å². The summed E-state index contributed by atoms with van der Waals surface area (Å²) < 4.78 is 29.0. The molecule has 0 amide bonds. The van der Waals surface area contributed by atoms with Crippen molar-refractivity contribution in [2.24, 2.45) is 0 Å². The normalized spacial score (nSPS) is 18.6. The summed E-state index contributed by atoms with van der Waals surface area (Å²) >= 11 is 2.27. The molecule has 5 heteroatoms. The van der Waals surface area contributed by atoms with E-state index in [1.54, 1.807) is 16.4 Å². The minimum atomic E-state index is -3.56. The van der Waals surface area contributed by atoms with Crippen molar-refractivity contribution in [3.8, 4) is 0 Å². The summed E-state index contributed by atoms with van der Waals surface area (Å²) in [6.07, 6.45) is 0.746. The molecule has 0 saturated heterocycles. The minimum absolute atomic E-state index is 0.0802. The molecule has 1 heterocycles. The second-order valence-electron chi connectivity index (χ2n) is 5.79. The van der Waals surface area contributed by atoms with Gasteiger partial charge in [0.1, 0.15) is 0 Å². The number of sulfonamides is 1. The van der Waals surface area contributed by atoms with Crippen molar-refractivity contribution in [2.75, 3.05) is 0 Å². The van der Waals surface area contributed by atoms with Crippen LogP contribution in [0.5, 0.6) is 0 Å². The molecule has 0 aromatic heterocycles. The lowest BCUT2D eigenvalue weighted by atomic mass is 10.1. The highest BCUT2D eigenvalue weighted by Gasteiger charge is 2.37. The molecule has 3 nitrogen and oxygen atoms in total. The van der Waals surface area contributed by atoms with Gasteiger partial charge in [-0.25, -0.2) is 8.42 Å². The van der Waals surface area contributed by atoms with Gasteiger partial charge in [-0.2, -0.15) is 0 Å². The third kappa shape index (κ3) is 3.04. The van der Waals surface area contributed by atoms with Crippen molar-refractivity contribution >= 4 is 38.3 Å². The molecule has 0 aliphatic carbocycles. The fraction of sp³-hybridized carbons (Fsp3) is 0.222. The van der Waals surface area contributed by atoms with E-state index in [1.807, 2.05) is 56.3 Å². The molecule has 0 bridgehead atoms. The summed E-state index contributed by atoms with van der Waals surface area (Å²) in [5.41, 5.74) is 2.79. The second kappa shape index (κ2) is 6.28. The lowest BCUT2D eigenvalue weighted by Crippen LogP contribution is -2.33. The van der Waals surface area contributed by atoms with Gasteiger partial charge < -0.3 is 0 Å². The molecule has 1 aliphatic rings. The van der Waals surface area contributed by atoms with Crippen LogP contribution in [0.15, 0.2) is 63.1 Å². The van der Waals surface area contributed by atoms with E-state index < -0.39 is 10.0 Å². The fourth-order valence-corrected chi connectivity index (χ4v) is 5.92. The maximum Gasteiger partial charge on any atom is 0.264 e. The molecule has 0 fully saturated rings. The standard InChI is InChI=1S/C18H18INO2S/c1-13-8-10-16(11-9-13)23(21,22)20-14(2)12-17(19)18(20)15-6-4-3-5-7-15/h3-11,14H,12H2,1-2H3. The molecule has 0 N–H and O–H groups in total. The number of rotatable bonds is 3. The molecule has 1 atom stereocenters. The minimum Gasteiger partial charge on any atom is -0.262 e. The smallest absolute Gasteiger partial charge is 0.262 e. The van der Waals surface area contributed by atoms with Crippen molar-refractivity contribution < 1.29 is 8.42 Å². The first kappa shape index (κ1) is 16.5. The molecule has 120 valence electrons. The van der Waals surface area contributed by atoms with E-state index >= 15 is 0 Å². The Balaban J connectivity index is 2.11. The molecule has 23 heavy (non-hydrogen) atoms. The van der Waals surface area contributed by atoms with Crippen molar-refractivity contribution in [3.63, 3.8) is 0 Å². The van der Waals surface area contributed by atoms with Gasteiger partial charge in [-0.3, -0.25) is 4.31 Å². The lowest BCUT2D eigenvalue weighted by molar-refractivity contribution is 0.457. The Bertz CT molecular complexity index is 842. The molecule has 3 rings (SSSR count). The van der Waals surface area contributed by atoms with Crippen LogP contribution in [-0.4, -0.2) is 18.8 Å². The number of aryl methyl sites for hydroxylation is 1. The van der Waals surface area contributed by atoms with E-state index in [4.69, 9.17) is 0 Å². The van der Waals surface area contributed by atoms with Crippen LogP contribution < -0.4 is 0 Å². The molecule has 0 saturated carbocycles. The maximum absolute atomic E-state index is 13.2. The Hall–Kier alpha value is -1.34. The highest BCUT2D eigenvalue weighted by molar-refractivity contribution is 14.1. The highest BCUT2D eigenvalue weighted by Crippen LogP contribution is 2.42. The zero-order chi connectivity index (χ0) is 16.6. The van der Waals surface area contributed by atoms with Gasteiger partial charge in [-0.05, 0) is 54.1 Å². The molecule has 0 spiro atoms. The summed E-state index contributed by atoms with van der Waals surface area (Å²) in [7, 11) is -3.56. The van der Waals surface area contributed by atoms with Gasteiger partial charge >= 0.3 is 0 Å². The van der Waals surface area contributed by atoms with E-state index in [9.17, 15) is 8.42 Å². The molecule has 0 radical (unpaired) electrons. The summed E-state index contributed by atoms with van der Waals surface area (Å²) in [6.45, 7) is 3.91. The predicted octanol–water partition coefficient (Wildman–Crippen LogP) is 4.58. The van der Waals surface area contributed by atoms with Crippen LogP contribution in [0.4, 0.5) is 0 Å². The van der Waals surface area contributed by atoms with Gasteiger partial charge in [0, 0.05) is 16.0 Å². The molecule has 2 aromatic carbocycles. The van der Waals surface area contributed by atoms with E-state index in [0.29, 0.717) is 4.90 Å². The monoisotopic (exact) mass is 439 g/mol. The second-order valence-corrected chi connectivity index (χ2v) is 8.90. The van der Waals surface area contributed by atoms with Gasteiger partial charge in [0.2, 0.25) is 0 Å². The summed E-state index contributed by atoms with van der Waals surface area (Å²) in [5.74, 6) is 0. The van der Waals surface area contributed by atoms with Crippen LogP contribution in [-0.2, 0) is 10.0 Å². The summed E-state index contributed by atoms with van der Waals surface area (Å²) in [5, 5.41) is 0. The van der Waals surface area contributed by atoms with Crippen molar-refractivity contribution in [1.29, 1.82) is 0 Å². The zero-order valence-electron chi connectivity index (χ0n) is 13.0. The molecular weight excluding hydrogens is 421 g/mol. The third-order valence-corrected chi connectivity index (χ3v) is 6.86. The highest BCUT2D eigenvalue weighted by atomic mass is 127. The number of halogens is 1. The lowest BCUT2D eigenvalue weighted by Gasteiger charge is -2.27. The average Bonchev–Trinajstić information content (AvgIpc) is 2.83. The number of hydrogen-bond donors (Lipinski definition) is 0. The van der Waals surface area contributed by atoms with Gasteiger partial charge in [0.05, 0.1) is 10.6 Å². The zero-order valence-corrected chi connectivity index (χ0v) is 16.0. The third-order valence-electron chi connectivity index (χ3n) is 3.98. The first-order chi connectivity index (χ1) is 10.9. The fourth-order valence-electron chi connectivity index (χ4n) is 2.84. The van der Waals surface area contributed by atoms with Crippen molar-refractivity contribution in [3.05, 3.63) is 69.3 Å². The van der Waals surface area contributed by atoms with Crippen LogP contribution in [0.2, 0.25) is 0 Å². The first-order valence-corrected chi connectivity index (χ1v) is 9.98. The van der Waals surface area contributed by atoms with Crippen LogP contribution >= 0.6 is 22.6 Å². The predicted molar refractivity (Wildman–Crippen MR) is 102 cm³/mol. The number of nitrogens with zero attached hydrogens (tertiary/aromatic N) is 1. The van der Waals surface area contributed by atoms with Crippen LogP contribution in [0, 0.1) is 6.92 Å². The molecular formula is C18H18INO2S. The largest absolute Gasteiger partial charge is 0.264 e. The summed E-state index contributed by atoms with van der Waals surface area (Å²) in [6, 6.07) is 16.7. The molecule has 1 aliphatic heterocycles. The Labute approximate surface area is 151 Å². The van der Waals surface area contributed by atoms with E-state index in [1.165, 1.54) is 0 Å². The molecule has 2 aromatic rings. The number of hydrogen-bond acceptors (Lipinski definition) is 2. The SMILES string of the molecule is Cc1ccc(S(=O)(=O)N2C(c3ccccc3)=C(I)CC2C)cc1. The van der Waals surface area contributed by atoms with Gasteiger partial charge in [0.15, 0.2) is 0 Å². The van der Waals surface area contributed by atoms with E-state index in [0.717, 1.165) is 26.8 Å². The van der Waals surface area contributed by atoms with E-state index in [-0.39, 0.29) is 6.04 Å². The van der Waals surface area contributed by atoms with Gasteiger partial charge in [-0.1, -0.05) is 48.0 Å². The van der Waals surface area contributed by atoms with Crippen LogP contribution in [0.25, 0.3) is 5.70 Å². The van der Waals surface area contributed by atoms with Crippen molar-refractivity contribution in [1.82, 2.24) is 4.31 Å². The Morgan fingerprint density at radius 3 is 2.26 bits per heavy atom. The average molecular weight is 439 g/mol. The van der Waals surface area contributed by atoms with E-state index in [2.05, 4.69) is 22.6 Å². The first-order valence-electron chi connectivity index (χ1n) is 7.46. The van der Waals surface area contributed by atoms with Gasteiger partial charge in [-0.15, -0.1) is 0 Å².